The molecule has 0 radical (unpaired) electrons. The quantitative estimate of drug-likeness (QED) is 0.577. The van der Waals surface area contributed by atoms with Crippen LogP contribution in [-0.2, 0) is 4.79 Å². The van der Waals surface area contributed by atoms with E-state index in [1.165, 1.54) is 6.07 Å². The number of hydrogen-bond acceptors (Lipinski definition) is 6. The van der Waals surface area contributed by atoms with Gasteiger partial charge in [0.25, 0.3) is 11.4 Å². The zero-order valence-electron chi connectivity index (χ0n) is 10.6. The summed E-state index contributed by atoms with van der Waals surface area (Å²) in [6.07, 6.45) is 0.364. The van der Waals surface area contributed by atoms with E-state index in [-0.39, 0.29) is 12.2 Å². The van der Waals surface area contributed by atoms with E-state index < -0.39 is 33.1 Å². The van der Waals surface area contributed by atoms with Crippen molar-refractivity contribution >= 4 is 23.0 Å². The number of nitrogens with zero attached hydrogens (tertiary/aromatic N) is 2. The van der Waals surface area contributed by atoms with Gasteiger partial charge in [-0.25, -0.2) is 0 Å². The van der Waals surface area contributed by atoms with Crippen LogP contribution >= 0.6 is 0 Å². The van der Waals surface area contributed by atoms with E-state index in [0.29, 0.717) is 6.42 Å². The topological polar surface area (TPSA) is 136 Å². The highest BCUT2D eigenvalue weighted by Crippen LogP contribution is 2.29. The van der Waals surface area contributed by atoms with E-state index in [2.05, 4.69) is 5.32 Å². The van der Waals surface area contributed by atoms with E-state index >= 15 is 0 Å². The van der Waals surface area contributed by atoms with Gasteiger partial charge < -0.3 is 10.4 Å². The average Bonchev–Trinajstić information content (AvgIpc) is 2.38. The molecule has 0 saturated carbocycles. The van der Waals surface area contributed by atoms with Gasteiger partial charge in [-0.05, 0) is 12.5 Å². The van der Waals surface area contributed by atoms with E-state index in [1.807, 2.05) is 0 Å². The number of hydrogen-bond donors (Lipinski definition) is 2. The number of benzene rings is 1. The van der Waals surface area contributed by atoms with Crippen LogP contribution in [0.15, 0.2) is 18.2 Å². The van der Waals surface area contributed by atoms with Gasteiger partial charge in [-0.1, -0.05) is 6.92 Å². The molecule has 0 aliphatic rings. The van der Waals surface area contributed by atoms with Crippen molar-refractivity contribution in [1.29, 1.82) is 0 Å². The number of carboxylic acid groups (broad SMARTS) is 1. The molecule has 1 rings (SSSR count). The largest absolute Gasteiger partial charge is 0.481 e. The van der Waals surface area contributed by atoms with Crippen molar-refractivity contribution in [3.05, 3.63) is 38.4 Å². The van der Waals surface area contributed by atoms with E-state index in [9.17, 15) is 25.0 Å². The smallest absolute Gasteiger partial charge is 0.308 e. The SMILES string of the molecule is CCC(CNc1ccc([N+](=O)[O-])cc1[N+](=O)[O-])C(=O)O. The number of rotatable bonds is 7. The highest BCUT2D eigenvalue weighted by Gasteiger charge is 2.21. The third kappa shape index (κ3) is 3.64. The fourth-order valence-corrected chi connectivity index (χ4v) is 1.57. The summed E-state index contributed by atoms with van der Waals surface area (Å²) in [6.45, 7) is 1.69. The molecule has 0 aromatic heterocycles. The van der Waals surface area contributed by atoms with Crippen molar-refractivity contribution in [3.63, 3.8) is 0 Å². The van der Waals surface area contributed by atoms with Crippen LogP contribution in [0.3, 0.4) is 0 Å². The number of non-ortho nitro benzene ring substituents is 1. The lowest BCUT2D eigenvalue weighted by atomic mass is 10.1. The van der Waals surface area contributed by atoms with Crippen molar-refractivity contribution in [2.75, 3.05) is 11.9 Å². The molecule has 0 amide bonds. The van der Waals surface area contributed by atoms with Gasteiger partial charge in [-0.2, -0.15) is 0 Å². The second-order valence-corrected chi connectivity index (χ2v) is 4.04. The average molecular weight is 283 g/mol. The molecule has 1 unspecified atom stereocenters. The van der Waals surface area contributed by atoms with Gasteiger partial charge in [0.05, 0.1) is 21.8 Å². The van der Waals surface area contributed by atoms with Crippen molar-refractivity contribution < 1.29 is 19.7 Å². The van der Waals surface area contributed by atoms with Crippen molar-refractivity contribution in [1.82, 2.24) is 0 Å². The Morgan fingerprint density at radius 3 is 2.45 bits per heavy atom. The first-order chi connectivity index (χ1) is 9.36. The molecule has 9 heteroatoms. The lowest BCUT2D eigenvalue weighted by Gasteiger charge is -2.12. The highest BCUT2D eigenvalue weighted by atomic mass is 16.6. The minimum Gasteiger partial charge on any atom is -0.481 e. The number of carboxylic acids is 1. The number of nitrogens with one attached hydrogen (secondary N) is 1. The molecule has 0 aliphatic heterocycles. The first-order valence-corrected chi connectivity index (χ1v) is 5.76. The van der Waals surface area contributed by atoms with Crippen molar-refractivity contribution in [3.8, 4) is 0 Å². The molecule has 0 aliphatic carbocycles. The third-order valence-corrected chi connectivity index (χ3v) is 2.77. The molecular weight excluding hydrogens is 270 g/mol. The molecular formula is C11H13N3O6. The Morgan fingerprint density at radius 1 is 1.35 bits per heavy atom. The van der Waals surface area contributed by atoms with Crippen LogP contribution in [0.1, 0.15) is 13.3 Å². The van der Waals surface area contributed by atoms with Gasteiger partial charge in [0.1, 0.15) is 5.69 Å². The summed E-state index contributed by atoms with van der Waals surface area (Å²) in [6, 6.07) is 3.16. The summed E-state index contributed by atoms with van der Waals surface area (Å²) in [7, 11) is 0. The normalized spacial score (nSPS) is 11.7. The fraction of sp³-hybridized carbons (Fsp3) is 0.364. The summed E-state index contributed by atoms with van der Waals surface area (Å²) in [5.41, 5.74) is -0.799. The Kier molecular flexibility index (Phi) is 4.95. The number of carbonyl (C=O) groups is 1. The predicted molar refractivity (Wildman–Crippen MR) is 69.7 cm³/mol. The Morgan fingerprint density at radius 2 is 2.00 bits per heavy atom. The molecule has 1 aromatic carbocycles. The zero-order chi connectivity index (χ0) is 15.3. The molecule has 0 saturated heterocycles. The minimum atomic E-state index is -1.01. The fourth-order valence-electron chi connectivity index (χ4n) is 1.57. The van der Waals surface area contributed by atoms with Crippen LogP contribution in [0.5, 0.6) is 0 Å². The first kappa shape index (κ1) is 15.3. The number of aliphatic carboxylic acids is 1. The molecule has 0 fully saturated rings. The highest BCUT2D eigenvalue weighted by molar-refractivity contribution is 5.71. The summed E-state index contributed by atoms with van der Waals surface area (Å²) < 4.78 is 0. The number of nitro benzene ring substituents is 2. The van der Waals surface area contributed by atoms with E-state index in [4.69, 9.17) is 5.11 Å². The molecule has 20 heavy (non-hydrogen) atoms. The van der Waals surface area contributed by atoms with Gasteiger partial charge >= 0.3 is 5.97 Å². The van der Waals surface area contributed by atoms with Crippen molar-refractivity contribution in [2.24, 2.45) is 5.92 Å². The molecule has 0 spiro atoms. The molecule has 2 N–H and O–H groups in total. The maximum absolute atomic E-state index is 10.9. The first-order valence-electron chi connectivity index (χ1n) is 5.76. The van der Waals surface area contributed by atoms with Gasteiger partial charge in [-0.3, -0.25) is 25.0 Å². The molecule has 9 nitrogen and oxygen atoms in total. The van der Waals surface area contributed by atoms with Crippen LogP contribution in [-0.4, -0.2) is 27.5 Å². The Hall–Kier alpha value is -2.71. The second kappa shape index (κ2) is 6.45. The van der Waals surface area contributed by atoms with Crippen LogP contribution < -0.4 is 5.32 Å². The summed E-state index contributed by atoms with van der Waals surface area (Å²) >= 11 is 0. The Labute approximate surface area is 113 Å². The lowest BCUT2D eigenvalue weighted by molar-refractivity contribution is -0.393. The second-order valence-electron chi connectivity index (χ2n) is 4.04. The Balaban J connectivity index is 2.97. The molecule has 1 aromatic rings. The minimum absolute atomic E-state index is 0.00445. The summed E-state index contributed by atoms with van der Waals surface area (Å²) in [4.78, 5) is 30.8. The monoisotopic (exact) mass is 283 g/mol. The predicted octanol–water partition coefficient (Wildman–Crippen LogP) is 2.03. The summed E-state index contributed by atoms with van der Waals surface area (Å²) in [5, 5.41) is 33.0. The Bertz CT molecular complexity index is 545. The molecule has 0 heterocycles. The zero-order valence-corrected chi connectivity index (χ0v) is 10.6. The number of anilines is 1. The standard InChI is InChI=1S/C11H13N3O6/c1-2-7(11(15)16)6-12-9-4-3-8(13(17)18)5-10(9)14(19)20/h3-5,7,12H,2,6H2,1H3,(H,15,16). The van der Waals surface area contributed by atoms with Gasteiger partial charge in [-0.15, -0.1) is 0 Å². The summed E-state index contributed by atoms with van der Waals surface area (Å²) in [5.74, 6) is -1.70. The van der Waals surface area contributed by atoms with Crippen molar-refractivity contribution in [2.45, 2.75) is 13.3 Å². The van der Waals surface area contributed by atoms with Crippen LogP contribution in [0, 0.1) is 26.1 Å². The molecule has 108 valence electrons. The van der Waals surface area contributed by atoms with Gasteiger partial charge in [0.15, 0.2) is 0 Å². The maximum atomic E-state index is 10.9. The van der Waals surface area contributed by atoms with Gasteiger partial charge in [0, 0.05) is 12.6 Å². The third-order valence-electron chi connectivity index (χ3n) is 2.77. The lowest BCUT2D eigenvalue weighted by Crippen LogP contribution is -2.22. The van der Waals surface area contributed by atoms with Crippen LogP contribution in [0.2, 0.25) is 0 Å². The maximum Gasteiger partial charge on any atom is 0.308 e. The van der Waals surface area contributed by atoms with Gasteiger partial charge in [0.2, 0.25) is 0 Å². The van der Waals surface area contributed by atoms with E-state index in [1.54, 1.807) is 6.92 Å². The number of nitro groups is 2. The van der Waals surface area contributed by atoms with Crippen LogP contribution in [0.25, 0.3) is 0 Å². The van der Waals surface area contributed by atoms with E-state index in [0.717, 1.165) is 12.1 Å². The molecule has 1 atom stereocenters. The van der Waals surface area contributed by atoms with Crippen LogP contribution in [0.4, 0.5) is 17.1 Å². The molecule has 0 bridgehead atoms.